The lowest BCUT2D eigenvalue weighted by molar-refractivity contribution is -0.139. The molecule has 0 spiro atoms. The molecule has 4 nitrogen and oxygen atoms in total. The maximum absolute atomic E-state index is 13.0. The maximum Gasteiger partial charge on any atom is 0.421 e. The van der Waals surface area contributed by atoms with Gasteiger partial charge >= 0.3 is 6.18 Å². The predicted octanol–water partition coefficient (Wildman–Crippen LogP) is 4.44. The summed E-state index contributed by atoms with van der Waals surface area (Å²) in [7, 11) is 2.10. The third-order valence-corrected chi connectivity index (χ3v) is 5.43. The molecular formula is C20H29F3N2O2. The minimum Gasteiger partial charge on any atom is -0.476 e. The number of pyridine rings is 1. The van der Waals surface area contributed by atoms with E-state index in [0.717, 1.165) is 32.0 Å². The van der Waals surface area contributed by atoms with Crippen LogP contribution in [0.2, 0.25) is 0 Å². The molecule has 0 unspecified atom stereocenters. The molecule has 2 heterocycles. The van der Waals surface area contributed by atoms with Crippen LogP contribution in [0.15, 0.2) is 18.3 Å². The van der Waals surface area contributed by atoms with Crippen molar-refractivity contribution in [2.75, 3.05) is 26.7 Å². The molecule has 2 atom stereocenters. The number of alkyl halides is 3. The Morgan fingerprint density at radius 1 is 1.37 bits per heavy atom. The van der Waals surface area contributed by atoms with E-state index < -0.39 is 23.0 Å². The lowest BCUT2D eigenvalue weighted by Gasteiger charge is -2.35. The third-order valence-electron chi connectivity index (χ3n) is 5.43. The van der Waals surface area contributed by atoms with E-state index in [1.807, 2.05) is 0 Å². The van der Waals surface area contributed by atoms with Crippen molar-refractivity contribution in [1.29, 1.82) is 0 Å². The minimum atomic E-state index is -4.54. The van der Waals surface area contributed by atoms with E-state index >= 15 is 0 Å². The van der Waals surface area contributed by atoms with Gasteiger partial charge in [-0.2, -0.15) is 13.2 Å². The van der Waals surface area contributed by atoms with E-state index in [9.17, 15) is 18.0 Å². The second-order valence-electron chi connectivity index (χ2n) is 8.28. The highest BCUT2D eigenvalue weighted by Gasteiger charge is 2.36. The molecule has 2 rings (SSSR count). The molecule has 0 aliphatic carbocycles. The van der Waals surface area contributed by atoms with E-state index in [1.54, 1.807) is 13.8 Å². The Labute approximate surface area is 159 Å². The summed E-state index contributed by atoms with van der Waals surface area (Å²) in [6, 6.07) is 2.15. The Bertz CT molecular complexity index is 646. The van der Waals surface area contributed by atoms with Crippen LogP contribution in [0.3, 0.4) is 0 Å². The summed E-state index contributed by atoms with van der Waals surface area (Å²) in [6.07, 6.45) is -0.980. The van der Waals surface area contributed by atoms with E-state index in [4.69, 9.17) is 4.74 Å². The summed E-state index contributed by atoms with van der Waals surface area (Å²) in [6.45, 7) is 7.57. The largest absolute Gasteiger partial charge is 0.476 e. The van der Waals surface area contributed by atoms with Crippen LogP contribution in [-0.2, 0) is 11.0 Å². The number of carbonyl (C=O) groups is 1. The fourth-order valence-electron chi connectivity index (χ4n) is 3.54. The lowest BCUT2D eigenvalue weighted by Crippen LogP contribution is -2.37. The molecule has 0 radical (unpaired) electrons. The van der Waals surface area contributed by atoms with Gasteiger partial charge in [0, 0.05) is 19.2 Å². The monoisotopic (exact) mass is 386 g/mol. The third kappa shape index (κ3) is 5.92. The minimum absolute atomic E-state index is 0.0121. The Morgan fingerprint density at radius 3 is 2.70 bits per heavy atom. The van der Waals surface area contributed by atoms with E-state index in [1.165, 1.54) is 12.3 Å². The second-order valence-corrected chi connectivity index (χ2v) is 8.28. The Balaban J connectivity index is 1.92. The molecule has 0 bridgehead atoms. The van der Waals surface area contributed by atoms with Crippen molar-refractivity contribution >= 4 is 5.78 Å². The predicted molar refractivity (Wildman–Crippen MR) is 97.5 cm³/mol. The molecule has 0 saturated carbocycles. The summed E-state index contributed by atoms with van der Waals surface area (Å²) in [5, 5.41) is 0. The molecule has 1 aromatic heterocycles. The van der Waals surface area contributed by atoms with Gasteiger partial charge in [0.1, 0.15) is 18.0 Å². The number of hydrogen-bond acceptors (Lipinski definition) is 4. The van der Waals surface area contributed by atoms with E-state index in [-0.39, 0.29) is 12.4 Å². The molecule has 0 aromatic carbocycles. The highest BCUT2D eigenvalue weighted by atomic mass is 19.4. The zero-order valence-electron chi connectivity index (χ0n) is 16.5. The number of likely N-dealkylation sites (tertiary alicyclic amines) is 1. The summed E-state index contributed by atoms with van der Waals surface area (Å²) in [4.78, 5) is 18.6. The fourth-order valence-corrected chi connectivity index (χ4v) is 3.54. The number of piperidine rings is 1. The van der Waals surface area contributed by atoms with E-state index in [2.05, 4.69) is 23.9 Å². The van der Waals surface area contributed by atoms with Gasteiger partial charge in [0.2, 0.25) is 5.88 Å². The topological polar surface area (TPSA) is 42.4 Å². The smallest absolute Gasteiger partial charge is 0.421 e. The average molecular weight is 386 g/mol. The summed E-state index contributed by atoms with van der Waals surface area (Å²) in [5.41, 5.74) is -1.79. The van der Waals surface area contributed by atoms with Crippen LogP contribution in [0.25, 0.3) is 0 Å². The first kappa shape index (κ1) is 21.7. The number of ether oxygens (including phenoxy) is 1. The molecule has 1 aliphatic rings. The quantitative estimate of drug-likeness (QED) is 0.695. The molecule has 27 heavy (non-hydrogen) atoms. The Hall–Kier alpha value is -1.63. The lowest BCUT2D eigenvalue weighted by atomic mass is 9.80. The number of rotatable bonds is 7. The number of carbonyl (C=O) groups excluding carboxylic acids is 1. The van der Waals surface area contributed by atoms with Gasteiger partial charge in [-0.15, -0.1) is 0 Å². The van der Waals surface area contributed by atoms with Gasteiger partial charge in [-0.25, -0.2) is 4.98 Å². The molecule has 1 fully saturated rings. The highest BCUT2D eigenvalue weighted by Crippen LogP contribution is 2.35. The number of nitrogens with zero attached hydrogens (tertiary/aromatic N) is 2. The zero-order valence-corrected chi connectivity index (χ0v) is 16.5. The first-order valence-corrected chi connectivity index (χ1v) is 9.37. The van der Waals surface area contributed by atoms with E-state index in [0.29, 0.717) is 18.3 Å². The molecule has 1 aliphatic heterocycles. The first-order valence-electron chi connectivity index (χ1n) is 9.37. The summed E-state index contributed by atoms with van der Waals surface area (Å²) < 4.78 is 44.4. The molecular weight excluding hydrogens is 357 g/mol. The van der Waals surface area contributed by atoms with Crippen LogP contribution in [0.5, 0.6) is 5.88 Å². The van der Waals surface area contributed by atoms with Crippen molar-refractivity contribution in [3.63, 3.8) is 0 Å². The normalized spacial score (nSPS) is 21.9. The van der Waals surface area contributed by atoms with Gasteiger partial charge in [-0.05, 0) is 64.3 Å². The second kappa shape index (κ2) is 8.59. The fraction of sp³-hybridized carbons (Fsp3) is 0.700. The van der Waals surface area contributed by atoms with Gasteiger partial charge < -0.3 is 9.64 Å². The summed E-state index contributed by atoms with van der Waals surface area (Å²) >= 11 is 0. The number of hydrogen-bond donors (Lipinski definition) is 0. The van der Waals surface area contributed by atoms with Gasteiger partial charge in [0.05, 0.1) is 5.41 Å². The molecule has 0 N–H and O–H groups in total. The van der Waals surface area contributed by atoms with Crippen LogP contribution in [0.4, 0.5) is 13.2 Å². The van der Waals surface area contributed by atoms with Crippen molar-refractivity contribution in [3.05, 3.63) is 23.9 Å². The summed E-state index contributed by atoms with van der Waals surface area (Å²) in [5.74, 6) is 0.584. The average Bonchev–Trinajstić information content (AvgIpc) is 2.58. The highest BCUT2D eigenvalue weighted by molar-refractivity contribution is 5.84. The van der Waals surface area contributed by atoms with Crippen LogP contribution in [0.1, 0.15) is 45.6 Å². The van der Waals surface area contributed by atoms with Crippen LogP contribution >= 0.6 is 0 Å². The maximum atomic E-state index is 13.0. The number of halogens is 3. The van der Waals surface area contributed by atoms with Gasteiger partial charge in [0.25, 0.3) is 0 Å². The van der Waals surface area contributed by atoms with Crippen molar-refractivity contribution in [1.82, 2.24) is 9.88 Å². The number of Topliss-reactive ketones (excluding diaryl/α,β-unsaturated/α-hetero) is 1. The standard InChI is InChI=1S/C20H29F3N2O2/c1-14-12-25(4)11-9-15(14)7-8-17(26)19(2,3)13-27-18-16(20(21,22)23)6-5-10-24-18/h5-6,10,14-15H,7-9,11-13H2,1-4H3/t14-,15-/m1/s1. The Morgan fingerprint density at radius 2 is 2.07 bits per heavy atom. The SMILES string of the molecule is C[C@@H]1CN(C)CC[C@H]1CCC(=O)C(C)(C)COc1ncccc1C(F)(F)F. The Kier molecular flexibility index (Phi) is 6.89. The van der Waals surface area contributed by atoms with Crippen molar-refractivity contribution < 1.29 is 22.7 Å². The van der Waals surface area contributed by atoms with Gasteiger partial charge in [-0.3, -0.25) is 4.79 Å². The van der Waals surface area contributed by atoms with Crippen molar-refractivity contribution in [2.45, 2.75) is 46.2 Å². The number of aromatic nitrogens is 1. The molecule has 7 heteroatoms. The molecule has 1 saturated heterocycles. The first-order chi connectivity index (χ1) is 12.5. The van der Waals surface area contributed by atoms with Crippen molar-refractivity contribution in [3.8, 4) is 5.88 Å². The molecule has 152 valence electrons. The zero-order chi connectivity index (χ0) is 20.2. The van der Waals surface area contributed by atoms with Gasteiger partial charge in [-0.1, -0.05) is 6.92 Å². The van der Waals surface area contributed by atoms with Crippen LogP contribution < -0.4 is 4.74 Å². The number of ketones is 1. The van der Waals surface area contributed by atoms with Crippen LogP contribution in [0, 0.1) is 17.3 Å². The molecule has 0 amide bonds. The van der Waals surface area contributed by atoms with Gasteiger partial charge in [0.15, 0.2) is 0 Å². The molecule has 1 aromatic rings. The van der Waals surface area contributed by atoms with Crippen molar-refractivity contribution in [2.24, 2.45) is 17.3 Å². The van der Waals surface area contributed by atoms with Crippen LogP contribution in [-0.4, -0.2) is 42.4 Å².